The molecular formula is C14H24FNO4. The second-order valence-corrected chi connectivity index (χ2v) is 6.55. The molecule has 5 nitrogen and oxygen atoms in total. The zero-order chi connectivity index (χ0) is 15.6. The van der Waals surface area contributed by atoms with Crippen LogP contribution in [0, 0.1) is 0 Å². The van der Waals surface area contributed by atoms with Crippen LogP contribution in [0.3, 0.4) is 0 Å². The summed E-state index contributed by atoms with van der Waals surface area (Å²) < 4.78 is 24.5. The maximum absolute atomic E-state index is 13.6. The zero-order valence-electron chi connectivity index (χ0n) is 12.8. The van der Waals surface area contributed by atoms with Crippen LogP contribution in [0.2, 0.25) is 0 Å². The first-order valence-corrected chi connectivity index (χ1v) is 6.63. The molecule has 116 valence electrons. The van der Waals surface area contributed by atoms with Gasteiger partial charge in [-0.05, 0) is 34.6 Å². The highest BCUT2D eigenvalue weighted by Gasteiger charge is 2.33. The van der Waals surface area contributed by atoms with Crippen LogP contribution in [-0.2, 0) is 9.47 Å². The molecule has 1 saturated heterocycles. The van der Waals surface area contributed by atoms with Gasteiger partial charge in [0.2, 0.25) is 0 Å². The van der Waals surface area contributed by atoms with Crippen molar-refractivity contribution < 1.29 is 23.8 Å². The largest absolute Gasteiger partial charge is 0.444 e. The fraction of sp³-hybridized carbons (Fsp3) is 0.786. The van der Waals surface area contributed by atoms with Gasteiger partial charge in [0.05, 0.1) is 31.9 Å². The Labute approximate surface area is 119 Å². The van der Waals surface area contributed by atoms with Gasteiger partial charge in [0, 0.05) is 5.57 Å². The molecule has 0 radical (unpaired) electrons. The molecule has 1 N–H and O–H groups in total. The number of halogens is 1. The molecule has 0 saturated carbocycles. The highest BCUT2D eigenvalue weighted by atomic mass is 19.1. The third-order valence-electron chi connectivity index (χ3n) is 2.76. The minimum atomic E-state index is -0.693. The molecule has 0 aromatic rings. The van der Waals surface area contributed by atoms with Gasteiger partial charge in [-0.1, -0.05) is 0 Å². The number of rotatable bonds is 1. The van der Waals surface area contributed by atoms with Crippen LogP contribution < -0.4 is 0 Å². The summed E-state index contributed by atoms with van der Waals surface area (Å²) in [4.78, 5) is 13.6. The number of aliphatic hydroxyl groups is 1. The van der Waals surface area contributed by atoms with E-state index < -0.39 is 29.7 Å². The number of nitrogens with zero attached hydrogens (tertiary/aromatic N) is 1. The van der Waals surface area contributed by atoms with Crippen LogP contribution in [0.25, 0.3) is 0 Å². The molecule has 0 aromatic carbocycles. The Balaban J connectivity index is 2.94. The van der Waals surface area contributed by atoms with Crippen molar-refractivity contribution in [3.63, 3.8) is 0 Å². The minimum Gasteiger partial charge on any atom is -0.444 e. The maximum Gasteiger partial charge on any atom is 0.410 e. The molecule has 20 heavy (non-hydrogen) atoms. The smallest absolute Gasteiger partial charge is 0.410 e. The Kier molecular flexibility index (Phi) is 5.15. The van der Waals surface area contributed by atoms with Crippen molar-refractivity contribution in [2.45, 2.75) is 45.8 Å². The van der Waals surface area contributed by atoms with E-state index in [0.717, 1.165) is 0 Å². The highest BCUT2D eigenvalue weighted by molar-refractivity contribution is 5.68. The topological polar surface area (TPSA) is 59.0 Å². The molecule has 0 atom stereocenters. The maximum atomic E-state index is 13.6. The van der Waals surface area contributed by atoms with E-state index in [9.17, 15) is 9.18 Å². The molecule has 1 fully saturated rings. The predicted octanol–water partition coefficient (Wildman–Crippen LogP) is 2.25. The molecule has 1 amide bonds. The summed E-state index contributed by atoms with van der Waals surface area (Å²) in [5, 5.41) is 8.90. The Hall–Kier alpha value is -1.14. The number of carbonyl (C=O) groups excluding carboxylic acids is 1. The second-order valence-electron chi connectivity index (χ2n) is 6.55. The van der Waals surface area contributed by atoms with Crippen molar-refractivity contribution in [2.75, 3.05) is 26.3 Å². The summed E-state index contributed by atoms with van der Waals surface area (Å²) in [6.45, 7) is 8.68. The molecule has 1 heterocycles. The molecule has 1 rings (SSSR count). The van der Waals surface area contributed by atoms with Gasteiger partial charge in [-0.3, -0.25) is 0 Å². The fourth-order valence-corrected chi connectivity index (χ4v) is 1.85. The lowest BCUT2D eigenvalue weighted by Crippen LogP contribution is -2.44. The number of amides is 1. The van der Waals surface area contributed by atoms with E-state index in [4.69, 9.17) is 14.6 Å². The van der Waals surface area contributed by atoms with Gasteiger partial charge in [-0.2, -0.15) is 0 Å². The number of aliphatic hydroxyl groups excluding tert-OH is 1. The summed E-state index contributed by atoms with van der Waals surface area (Å²) in [5.74, 6) is -0.656. The molecule has 1 aliphatic rings. The third kappa shape index (κ3) is 5.09. The Morgan fingerprint density at radius 2 is 2.10 bits per heavy atom. The van der Waals surface area contributed by atoms with E-state index in [1.807, 2.05) is 13.8 Å². The lowest BCUT2D eigenvalue weighted by atomic mass is 10.1. The Bertz CT molecular complexity index is 398. The monoisotopic (exact) mass is 289 g/mol. The molecular weight excluding hydrogens is 265 g/mol. The molecule has 0 aliphatic carbocycles. The van der Waals surface area contributed by atoms with E-state index in [1.165, 1.54) is 4.90 Å². The first-order chi connectivity index (χ1) is 9.04. The molecule has 1 aliphatic heterocycles. The van der Waals surface area contributed by atoms with Crippen molar-refractivity contribution in [3.8, 4) is 0 Å². The number of hydrogen-bond donors (Lipinski definition) is 1. The summed E-state index contributed by atoms with van der Waals surface area (Å²) in [6, 6.07) is 0. The average Bonchev–Trinajstić information content (AvgIpc) is 2.44. The van der Waals surface area contributed by atoms with E-state index in [2.05, 4.69) is 0 Å². The molecule has 6 heteroatoms. The lowest BCUT2D eigenvalue weighted by Gasteiger charge is -2.30. The molecule has 0 bridgehead atoms. The zero-order valence-corrected chi connectivity index (χ0v) is 12.8. The first-order valence-electron chi connectivity index (χ1n) is 6.63. The third-order valence-corrected chi connectivity index (χ3v) is 2.76. The lowest BCUT2D eigenvalue weighted by molar-refractivity contribution is -0.0221. The summed E-state index contributed by atoms with van der Waals surface area (Å²) >= 11 is 0. The van der Waals surface area contributed by atoms with Gasteiger partial charge in [0.15, 0.2) is 0 Å². The fourth-order valence-electron chi connectivity index (χ4n) is 1.85. The van der Waals surface area contributed by atoms with Crippen LogP contribution in [0.5, 0.6) is 0 Å². The van der Waals surface area contributed by atoms with Crippen molar-refractivity contribution >= 4 is 6.09 Å². The van der Waals surface area contributed by atoms with Gasteiger partial charge in [-0.25, -0.2) is 9.18 Å². The second kappa shape index (κ2) is 6.10. The molecule has 0 spiro atoms. The van der Waals surface area contributed by atoms with Gasteiger partial charge >= 0.3 is 6.09 Å². The van der Waals surface area contributed by atoms with E-state index in [1.54, 1.807) is 20.8 Å². The Morgan fingerprint density at radius 1 is 1.50 bits per heavy atom. The quantitative estimate of drug-likeness (QED) is 0.804. The average molecular weight is 289 g/mol. The van der Waals surface area contributed by atoms with Crippen LogP contribution in [-0.4, -0.2) is 53.6 Å². The van der Waals surface area contributed by atoms with Crippen molar-refractivity contribution in [2.24, 2.45) is 0 Å². The van der Waals surface area contributed by atoms with Gasteiger partial charge in [0.25, 0.3) is 0 Å². The SMILES string of the molecule is CC(C)(C)OC(=O)N1C/C(=C(\F)CO)COC(C)(C)C1. The predicted molar refractivity (Wildman–Crippen MR) is 73.1 cm³/mol. The van der Waals surface area contributed by atoms with Gasteiger partial charge in [-0.15, -0.1) is 0 Å². The normalized spacial score (nSPS) is 22.2. The van der Waals surface area contributed by atoms with Crippen LogP contribution in [0.15, 0.2) is 11.4 Å². The Morgan fingerprint density at radius 3 is 2.60 bits per heavy atom. The summed E-state index contributed by atoms with van der Waals surface area (Å²) in [6.07, 6.45) is -0.515. The summed E-state index contributed by atoms with van der Waals surface area (Å²) in [5.41, 5.74) is -0.953. The van der Waals surface area contributed by atoms with Crippen molar-refractivity contribution in [3.05, 3.63) is 11.4 Å². The molecule has 0 aromatic heterocycles. The first kappa shape index (κ1) is 16.9. The van der Waals surface area contributed by atoms with E-state index in [-0.39, 0.29) is 18.7 Å². The van der Waals surface area contributed by atoms with Crippen LogP contribution >= 0.6 is 0 Å². The highest BCUT2D eigenvalue weighted by Crippen LogP contribution is 2.23. The molecule has 0 unspecified atom stereocenters. The van der Waals surface area contributed by atoms with E-state index >= 15 is 0 Å². The minimum absolute atomic E-state index is 0.0543. The van der Waals surface area contributed by atoms with E-state index in [0.29, 0.717) is 6.54 Å². The summed E-state index contributed by atoms with van der Waals surface area (Å²) in [7, 11) is 0. The number of hydrogen-bond acceptors (Lipinski definition) is 4. The number of carbonyl (C=O) groups is 1. The van der Waals surface area contributed by atoms with Crippen molar-refractivity contribution in [1.82, 2.24) is 4.90 Å². The van der Waals surface area contributed by atoms with Crippen molar-refractivity contribution in [1.29, 1.82) is 0 Å². The van der Waals surface area contributed by atoms with Crippen LogP contribution in [0.1, 0.15) is 34.6 Å². The standard InChI is InChI=1S/C14H24FNO4/c1-13(2,3)20-12(18)16-6-10(11(15)7-17)8-19-14(4,5)9-16/h17H,6-9H2,1-5H3/b11-10+. The van der Waals surface area contributed by atoms with Gasteiger partial charge in [0.1, 0.15) is 11.4 Å². The van der Waals surface area contributed by atoms with Gasteiger partial charge < -0.3 is 19.5 Å². The van der Waals surface area contributed by atoms with Crippen LogP contribution in [0.4, 0.5) is 9.18 Å². The number of ether oxygens (including phenoxy) is 2.